The number of aryl methyl sites for hydroxylation is 2. The Morgan fingerprint density at radius 1 is 0.964 bits per heavy atom. The summed E-state index contributed by atoms with van der Waals surface area (Å²) in [5, 5.41) is 10.5. The number of ether oxygens (including phenoxy) is 1. The van der Waals surface area contributed by atoms with Crippen molar-refractivity contribution in [2.45, 2.75) is 20.5 Å². The number of benzene rings is 3. The first-order valence-electron chi connectivity index (χ1n) is 9.06. The maximum atomic E-state index is 12.5. The number of rotatable bonds is 4. The van der Waals surface area contributed by atoms with Gasteiger partial charge in [-0.1, -0.05) is 54.1 Å². The van der Waals surface area contributed by atoms with E-state index in [4.69, 9.17) is 9.15 Å². The summed E-state index contributed by atoms with van der Waals surface area (Å²) in [6.07, 6.45) is 0. The SMILES string of the molecule is Cc1ccc(C)c(COc2cc(O)c3c(=O)cc(-c4ccccc4)oc3c2)c1. The van der Waals surface area contributed by atoms with Gasteiger partial charge < -0.3 is 14.3 Å². The zero-order valence-electron chi connectivity index (χ0n) is 15.7. The highest BCUT2D eigenvalue weighted by atomic mass is 16.5. The molecule has 3 aromatic carbocycles. The Balaban J connectivity index is 1.72. The van der Waals surface area contributed by atoms with Crippen molar-refractivity contribution >= 4 is 11.0 Å². The third-order valence-electron chi connectivity index (χ3n) is 4.74. The molecule has 0 saturated carbocycles. The molecule has 1 N–H and O–H groups in total. The fourth-order valence-electron chi connectivity index (χ4n) is 3.19. The molecule has 0 spiro atoms. The van der Waals surface area contributed by atoms with Crippen molar-refractivity contribution in [2.75, 3.05) is 0 Å². The summed E-state index contributed by atoms with van der Waals surface area (Å²) in [4.78, 5) is 12.5. The molecule has 0 unspecified atom stereocenters. The zero-order chi connectivity index (χ0) is 19.7. The van der Waals surface area contributed by atoms with Crippen molar-refractivity contribution in [3.8, 4) is 22.8 Å². The van der Waals surface area contributed by atoms with E-state index in [1.807, 2.05) is 44.2 Å². The molecular formula is C24H20O4. The van der Waals surface area contributed by atoms with Crippen LogP contribution in [-0.4, -0.2) is 5.11 Å². The topological polar surface area (TPSA) is 59.7 Å². The average molecular weight is 372 g/mol. The minimum atomic E-state index is -0.293. The third kappa shape index (κ3) is 3.49. The Morgan fingerprint density at radius 2 is 1.75 bits per heavy atom. The standard InChI is InChI=1S/C24H20O4/c1-15-8-9-16(2)18(10-15)14-27-19-11-20(25)24-21(26)13-22(28-23(24)12-19)17-6-4-3-5-7-17/h3-13,25H,14H2,1-2H3. The molecule has 0 aliphatic carbocycles. The van der Waals surface area contributed by atoms with Crippen LogP contribution in [0, 0.1) is 13.8 Å². The molecule has 0 aliphatic heterocycles. The van der Waals surface area contributed by atoms with Crippen LogP contribution in [-0.2, 0) is 6.61 Å². The van der Waals surface area contributed by atoms with Gasteiger partial charge in [-0.05, 0) is 25.0 Å². The predicted octanol–water partition coefficient (Wildman–Crippen LogP) is 5.36. The van der Waals surface area contributed by atoms with Crippen LogP contribution >= 0.6 is 0 Å². The van der Waals surface area contributed by atoms with E-state index >= 15 is 0 Å². The van der Waals surface area contributed by atoms with E-state index in [9.17, 15) is 9.90 Å². The number of hydrogen-bond donors (Lipinski definition) is 1. The van der Waals surface area contributed by atoms with Gasteiger partial charge in [0.05, 0.1) is 0 Å². The largest absolute Gasteiger partial charge is 0.507 e. The lowest BCUT2D eigenvalue weighted by Crippen LogP contribution is -2.02. The first-order chi connectivity index (χ1) is 13.5. The van der Waals surface area contributed by atoms with Crippen LogP contribution in [0.15, 0.2) is 75.9 Å². The van der Waals surface area contributed by atoms with Crippen LogP contribution in [0.25, 0.3) is 22.3 Å². The van der Waals surface area contributed by atoms with Gasteiger partial charge in [-0.2, -0.15) is 0 Å². The number of phenolic OH excluding ortho intramolecular Hbond substituents is 1. The molecule has 0 saturated heterocycles. The van der Waals surface area contributed by atoms with Crippen LogP contribution < -0.4 is 10.2 Å². The van der Waals surface area contributed by atoms with Gasteiger partial charge in [0, 0.05) is 23.8 Å². The highest BCUT2D eigenvalue weighted by Gasteiger charge is 2.13. The summed E-state index contributed by atoms with van der Waals surface area (Å²) in [6, 6.07) is 20.1. The second-order valence-corrected chi connectivity index (χ2v) is 6.88. The summed E-state index contributed by atoms with van der Waals surface area (Å²) in [5.74, 6) is 0.741. The monoisotopic (exact) mass is 372 g/mol. The number of hydrogen-bond acceptors (Lipinski definition) is 4. The fourth-order valence-corrected chi connectivity index (χ4v) is 3.19. The highest BCUT2D eigenvalue weighted by molar-refractivity contribution is 5.86. The Kier molecular flexibility index (Phi) is 4.62. The Morgan fingerprint density at radius 3 is 2.54 bits per heavy atom. The molecule has 140 valence electrons. The number of fused-ring (bicyclic) bond motifs is 1. The summed E-state index contributed by atoms with van der Waals surface area (Å²) in [5.41, 5.74) is 4.15. The normalized spacial score (nSPS) is 10.9. The molecule has 1 aromatic heterocycles. The van der Waals surface area contributed by atoms with Crippen molar-refractivity contribution in [3.05, 3.63) is 93.6 Å². The number of phenols is 1. The molecule has 4 rings (SSSR count). The van der Waals surface area contributed by atoms with E-state index < -0.39 is 0 Å². The Hall–Kier alpha value is -3.53. The minimum Gasteiger partial charge on any atom is -0.507 e. The van der Waals surface area contributed by atoms with Crippen molar-refractivity contribution in [1.29, 1.82) is 0 Å². The molecule has 0 fully saturated rings. The molecule has 4 heteroatoms. The van der Waals surface area contributed by atoms with Gasteiger partial charge >= 0.3 is 0 Å². The fraction of sp³-hybridized carbons (Fsp3) is 0.125. The van der Waals surface area contributed by atoms with Crippen molar-refractivity contribution < 1.29 is 14.3 Å². The molecule has 0 radical (unpaired) electrons. The molecule has 4 aromatic rings. The smallest absolute Gasteiger partial charge is 0.197 e. The summed E-state index contributed by atoms with van der Waals surface area (Å²) in [7, 11) is 0. The van der Waals surface area contributed by atoms with Crippen LogP contribution in [0.5, 0.6) is 11.5 Å². The van der Waals surface area contributed by atoms with E-state index in [-0.39, 0.29) is 16.6 Å². The van der Waals surface area contributed by atoms with Crippen LogP contribution in [0.1, 0.15) is 16.7 Å². The summed E-state index contributed by atoms with van der Waals surface area (Å²) >= 11 is 0. The van der Waals surface area contributed by atoms with Gasteiger partial charge in [-0.3, -0.25) is 4.79 Å². The third-order valence-corrected chi connectivity index (χ3v) is 4.74. The van der Waals surface area contributed by atoms with E-state index in [0.29, 0.717) is 23.7 Å². The number of aromatic hydroxyl groups is 1. The van der Waals surface area contributed by atoms with E-state index in [2.05, 4.69) is 18.2 Å². The van der Waals surface area contributed by atoms with Crippen LogP contribution in [0.3, 0.4) is 0 Å². The van der Waals surface area contributed by atoms with Crippen molar-refractivity contribution in [3.63, 3.8) is 0 Å². The lowest BCUT2D eigenvalue weighted by atomic mass is 10.1. The minimum absolute atomic E-state index is 0.151. The quantitative estimate of drug-likeness (QED) is 0.524. The summed E-state index contributed by atoms with van der Waals surface area (Å²) < 4.78 is 11.8. The molecule has 1 heterocycles. The second kappa shape index (κ2) is 7.24. The summed E-state index contributed by atoms with van der Waals surface area (Å²) in [6.45, 7) is 4.42. The van der Waals surface area contributed by atoms with Gasteiger partial charge in [0.2, 0.25) is 0 Å². The molecule has 28 heavy (non-hydrogen) atoms. The molecule has 0 amide bonds. The molecule has 4 nitrogen and oxygen atoms in total. The first-order valence-corrected chi connectivity index (χ1v) is 9.06. The molecule has 0 aliphatic rings. The lowest BCUT2D eigenvalue weighted by Gasteiger charge is -2.11. The van der Waals surface area contributed by atoms with Gasteiger partial charge in [-0.15, -0.1) is 0 Å². The van der Waals surface area contributed by atoms with Gasteiger partial charge in [-0.25, -0.2) is 0 Å². The molecular weight excluding hydrogens is 352 g/mol. The molecule has 0 bridgehead atoms. The van der Waals surface area contributed by atoms with Crippen LogP contribution in [0.4, 0.5) is 0 Å². The van der Waals surface area contributed by atoms with Crippen molar-refractivity contribution in [2.24, 2.45) is 0 Å². The van der Waals surface area contributed by atoms with Crippen molar-refractivity contribution in [1.82, 2.24) is 0 Å². The second-order valence-electron chi connectivity index (χ2n) is 6.88. The van der Waals surface area contributed by atoms with Crippen LogP contribution in [0.2, 0.25) is 0 Å². The average Bonchev–Trinajstić information content (AvgIpc) is 2.68. The van der Waals surface area contributed by atoms with Gasteiger partial charge in [0.1, 0.15) is 34.8 Å². The van der Waals surface area contributed by atoms with E-state index in [0.717, 1.165) is 22.3 Å². The first kappa shape index (κ1) is 17.9. The van der Waals surface area contributed by atoms with Gasteiger partial charge in [0.15, 0.2) is 5.43 Å². The lowest BCUT2D eigenvalue weighted by molar-refractivity contribution is 0.303. The van der Waals surface area contributed by atoms with E-state index in [1.54, 1.807) is 6.07 Å². The zero-order valence-corrected chi connectivity index (χ0v) is 15.7. The van der Waals surface area contributed by atoms with E-state index in [1.165, 1.54) is 12.1 Å². The Labute approximate surface area is 162 Å². The van der Waals surface area contributed by atoms with Gasteiger partial charge in [0.25, 0.3) is 0 Å². The molecule has 0 atom stereocenters. The predicted molar refractivity (Wildman–Crippen MR) is 110 cm³/mol. The Bertz CT molecular complexity index is 1210. The maximum Gasteiger partial charge on any atom is 0.197 e. The maximum absolute atomic E-state index is 12.5. The highest BCUT2D eigenvalue weighted by Crippen LogP contribution is 2.31.